The minimum absolute atomic E-state index is 0.124. The maximum atomic E-state index is 12.5. The molecule has 4 rings (SSSR count). The molecule has 0 unspecified atom stereocenters. The second-order valence-corrected chi connectivity index (χ2v) is 6.27. The van der Waals surface area contributed by atoms with Crippen LogP contribution in [0, 0.1) is 0 Å². The average molecular weight is 360 g/mol. The molecule has 0 aliphatic rings. The molecular formula is C21H16N2O4. The molecule has 1 amide bonds. The van der Waals surface area contributed by atoms with Gasteiger partial charge in [-0.15, -0.1) is 0 Å². The number of carbonyl (C=O) groups excluding carboxylic acids is 2. The van der Waals surface area contributed by atoms with Crippen molar-refractivity contribution in [1.82, 2.24) is 4.57 Å². The zero-order valence-electron chi connectivity index (χ0n) is 14.6. The Morgan fingerprint density at radius 2 is 1.81 bits per heavy atom. The van der Waals surface area contributed by atoms with Gasteiger partial charge in [0.2, 0.25) is 5.91 Å². The van der Waals surface area contributed by atoms with Crippen molar-refractivity contribution >= 4 is 39.2 Å². The molecule has 134 valence electrons. The summed E-state index contributed by atoms with van der Waals surface area (Å²) in [6.45, 7) is 1.25. The van der Waals surface area contributed by atoms with Gasteiger partial charge in [-0.1, -0.05) is 36.4 Å². The molecule has 1 heterocycles. The molecule has 0 atom stereocenters. The van der Waals surface area contributed by atoms with E-state index in [1.54, 1.807) is 12.1 Å². The molecule has 0 fully saturated rings. The van der Waals surface area contributed by atoms with Crippen molar-refractivity contribution in [2.75, 3.05) is 5.32 Å². The molecule has 0 spiro atoms. The highest BCUT2D eigenvalue weighted by molar-refractivity contribution is 6.02. The number of hydrogen-bond donors (Lipinski definition) is 1. The lowest BCUT2D eigenvalue weighted by Crippen LogP contribution is -2.24. The van der Waals surface area contributed by atoms with Gasteiger partial charge in [0.1, 0.15) is 6.54 Å². The van der Waals surface area contributed by atoms with Gasteiger partial charge in [0.15, 0.2) is 11.4 Å². The van der Waals surface area contributed by atoms with Crippen LogP contribution in [0.1, 0.15) is 17.3 Å². The molecule has 0 saturated carbocycles. The van der Waals surface area contributed by atoms with Crippen LogP contribution in [0.3, 0.4) is 0 Å². The minimum atomic E-state index is -0.640. The van der Waals surface area contributed by atoms with Crippen LogP contribution in [0.25, 0.3) is 21.9 Å². The number of rotatable bonds is 4. The highest BCUT2D eigenvalue weighted by atomic mass is 16.4. The third kappa shape index (κ3) is 3.13. The Labute approximate surface area is 154 Å². The van der Waals surface area contributed by atoms with Gasteiger partial charge in [-0.2, -0.15) is 0 Å². The summed E-state index contributed by atoms with van der Waals surface area (Å²) in [6, 6.07) is 18.1. The van der Waals surface area contributed by atoms with Gasteiger partial charge in [0.25, 0.3) is 0 Å². The molecule has 27 heavy (non-hydrogen) atoms. The monoisotopic (exact) mass is 360 g/mol. The first kappa shape index (κ1) is 16.8. The lowest BCUT2D eigenvalue weighted by atomic mass is 10.1. The molecule has 0 radical (unpaired) electrons. The number of anilines is 1. The molecule has 0 bridgehead atoms. The molecule has 6 heteroatoms. The predicted molar refractivity (Wildman–Crippen MR) is 103 cm³/mol. The highest BCUT2D eigenvalue weighted by Gasteiger charge is 2.15. The van der Waals surface area contributed by atoms with Crippen molar-refractivity contribution < 1.29 is 14.0 Å². The lowest BCUT2D eigenvalue weighted by molar-refractivity contribution is -0.116. The Kier molecular flexibility index (Phi) is 4.08. The largest absolute Gasteiger partial charge is 0.420 e. The SMILES string of the molecule is CC(=O)c1ccc2c(c1)oc(=O)n2CC(=O)Nc1cccc2ccccc12. The van der Waals surface area contributed by atoms with Crippen LogP contribution in [0.5, 0.6) is 0 Å². The summed E-state index contributed by atoms with van der Waals surface area (Å²) in [5.74, 6) is -1.11. The van der Waals surface area contributed by atoms with Gasteiger partial charge in [-0.25, -0.2) is 4.79 Å². The van der Waals surface area contributed by atoms with E-state index in [1.807, 2.05) is 42.5 Å². The molecule has 1 aromatic heterocycles. The topological polar surface area (TPSA) is 81.3 Å². The van der Waals surface area contributed by atoms with Gasteiger partial charge < -0.3 is 9.73 Å². The molecule has 0 saturated heterocycles. The lowest BCUT2D eigenvalue weighted by Gasteiger charge is -2.09. The number of nitrogens with zero attached hydrogens (tertiary/aromatic N) is 1. The van der Waals surface area contributed by atoms with Gasteiger partial charge in [-0.3, -0.25) is 14.2 Å². The first-order valence-electron chi connectivity index (χ1n) is 8.45. The molecule has 3 aromatic carbocycles. The summed E-state index contributed by atoms with van der Waals surface area (Å²) in [5, 5.41) is 4.78. The summed E-state index contributed by atoms with van der Waals surface area (Å²) in [6.07, 6.45) is 0. The number of aromatic nitrogens is 1. The van der Waals surface area contributed by atoms with Crippen molar-refractivity contribution in [3.8, 4) is 0 Å². The van der Waals surface area contributed by atoms with Gasteiger partial charge in [0, 0.05) is 16.6 Å². The van der Waals surface area contributed by atoms with E-state index in [9.17, 15) is 14.4 Å². The van der Waals surface area contributed by atoms with E-state index in [0.29, 0.717) is 16.8 Å². The molecule has 0 aliphatic carbocycles. The van der Waals surface area contributed by atoms with Crippen LogP contribution < -0.4 is 11.1 Å². The molecule has 0 aliphatic heterocycles. The summed E-state index contributed by atoms with van der Waals surface area (Å²) >= 11 is 0. The van der Waals surface area contributed by atoms with E-state index < -0.39 is 5.76 Å². The maximum Gasteiger partial charge on any atom is 0.420 e. The standard InChI is InChI=1S/C21H16N2O4/c1-13(24)15-9-10-18-19(11-15)27-21(26)23(18)12-20(25)22-17-8-4-6-14-5-2-3-7-16(14)17/h2-11H,12H2,1H3,(H,22,25). The number of Topliss-reactive ketones (excluding diaryl/α,β-unsaturated/α-hetero) is 1. The number of oxazole rings is 1. The molecular weight excluding hydrogens is 344 g/mol. The summed E-state index contributed by atoms with van der Waals surface area (Å²) in [4.78, 5) is 36.2. The number of amides is 1. The van der Waals surface area contributed by atoms with Crippen LogP contribution in [-0.2, 0) is 11.3 Å². The van der Waals surface area contributed by atoms with E-state index in [4.69, 9.17) is 4.42 Å². The third-order valence-electron chi connectivity index (χ3n) is 4.44. The molecule has 1 N–H and O–H groups in total. The zero-order valence-corrected chi connectivity index (χ0v) is 14.6. The van der Waals surface area contributed by atoms with Crippen molar-refractivity contribution in [3.63, 3.8) is 0 Å². The fraction of sp³-hybridized carbons (Fsp3) is 0.0952. The number of ketones is 1. The summed E-state index contributed by atoms with van der Waals surface area (Å²) in [5.41, 5.74) is 1.88. The quantitative estimate of drug-likeness (QED) is 0.564. The maximum absolute atomic E-state index is 12.5. The second kappa shape index (κ2) is 6.57. The van der Waals surface area contributed by atoms with Crippen LogP contribution in [0.4, 0.5) is 5.69 Å². The van der Waals surface area contributed by atoms with E-state index in [-0.39, 0.29) is 23.8 Å². The third-order valence-corrected chi connectivity index (χ3v) is 4.44. The normalized spacial score (nSPS) is 11.0. The molecule has 4 aromatic rings. The minimum Gasteiger partial charge on any atom is -0.408 e. The van der Waals surface area contributed by atoms with E-state index in [2.05, 4.69) is 5.32 Å². The first-order chi connectivity index (χ1) is 13.0. The second-order valence-electron chi connectivity index (χ2n) is 6.27. The Morgan fingerprint density at radius 1 is 1.04 bits per heavy atom. The van der Waals surface area contributed by atoms with Crippen molar-refractivity contribution in [2.24, 2.45) is 0 Å². The molecule has 6 nitrogen and oxygen atoms in total. The average Bonchev–Trinajstić information content (AvgIpc) is 2.96. The predicted octanol–water partition coefficient (Wildman–Crippen LogP) is 3.59. The van der Waals surface area contributed by atoms with Crippen molar-refractivity contribution in [3.05, 3.63) is 76.8 Å². The zero-order chi connectivity index (χ0) is 19.0. The Morgan fingerprint density at radius 3 is 2.63 bits per heavy atom. The number of hydrogen-bond acceptors (Lipinski definition) is 4. The smallest absolute Gasteiger partial charge is 0.408 e. The van der Waals surface area contributed by atoms with Gasteiger partial charge in [-0.05, 0) is 36.6 Å². The van der Waals surface area contributed by atoms with Crippen LogP contribution in [-0.4, -0.2) is 16.3 Å². The van der Waals surface area contributed by atoms with Crippen LogP contribution in [0.2, 0.25) is 0 Å². The fourth-order valence-electron chi connectivity index (χ4n) is 3.10. The number of carbonyl (C=O) groups is 2. The van der Waals surface area contributed by atoms with E-state index in [1.165, 1.54) is 17.6 Å². The van der Waals surface area contributed by atoms with E-state index in [0.717, 1.165) is 10.8 Å². The highest BCUT2D eigenvalue weighted by Crippen LogP contribution is 2.23. The van der Waals surface area contributed by atoms with Crippen LogP contribution in [0.15, 0.2) is 69.9 Å². The summed E-state index contributed by atoms with van der Waals surface area (Å²) in [7, 11) is 0. The Hall–Kier alpha value is -3.67. The van der Waals surface area contributed by atoms with Crippen molar-refractivity contribution in [1.29, 1.82) is 0 Å². The fourth-order valence-corrected chi connectivity index (χ4v) is 3.10. The number of benzene rings is 3. The number of fused-ring (bicyclic) bond motifs is 2. The number of nitrogens with one attached hydrogen (secondary N) is 1. The van der Waals surface area contributed by atoms with E-state index >= 15 is 0 Å². The van der Waals surface area contributed by atoms with Crippen LogP contribution >= 0.6 is 0 Å². The summed E-state index contributed by atoms with van der Waals surface area (Å²) < 4.78 is 6.44. The first-order valence-corrected chi connectivity index (χ1v) is 8.45. The van der Waals surface area contributed by atoms with Gasteiger partial charge in [0.05, 0.1) is 5.52 Å². The van der Waals surface area contributed by atoms with Crippen molar-refractivity contribution in [2.45, 2.75) is 13.5 Å². The van der Waals surface area contributed by atoms with Gasteiger partial charge >= 0.3 is 5.76 Å². The Bertz CT molecular complexity index is 1240. The Balaban J connectivity index is 1.64.